The van der Waals surface area contributed by atoms with Gasteiger partial charge in [0.2, 0.25) is 0 Å². The van der Waals surface area contributed by atoms with E-state index in [1.54, 1.807) is 0 Å². The van der Waals surface area contributed by atoms with Crippen LogP contribution in [0.4, 0.5) is 0 Å². The summed E-state index contributed by atoms with van der Waals surface area (Å²) in [6.07, 6.45) is 3.07. The second-order valence-electron chi connectivity index (χ2n) is 4.13. The molecule has 0 spiro atoms. The third-order valence-corrected chi connectivity index (χ3v) is 2.54. The Bertz CT molecular complexity index is 137. The summed E-state index contributed by atoms with van der Waals surface area (Å²) < 4.78 is 10.2. The molecule has 11 heavy (non-hydrogen) atoms. The molecule has 1 aliphatic rings. The quantitative estimate of drug-likeness (QED) is 0.554. The van der Waals surface area contributed by atoms with Gasteiger partial charge in [0.05, 0.1) is 0 Å². The van der Waals surface area contributed by atoms with Crippen LogP contribution in [-0.4, -0.2) is 31.6 Å². The van der Waals surface area contributed by atoms with Crippen LogP contribution in [0, 0.1) is 5.41 Å². The number of hydrogen-bond acceptors (Lipinski definition) is 2. The molecular weight excluding hydrogens is 137 g/mol. The van der Waals surface area contributed by atoms with E-state index >= 15 is 0 Å². The van der Waals surface area contributed by atoms with Crippen molar-refractivity contribution in [1.29, 1.82) is 0 Å². The van der Waals surface area contributed by atoms with E-state index in [9.17, 15) is 4.70 Å². The van der Waals surface area contributed by atoms with Gasteiger partial charge in [0, 0.05) is 0 Å². The first kappa shape index (κ1) is 8.92. The van der Waals surface area contributed by atoms with Gasteiger partial charge in [-0.1, -0.05) is 0 Å². The molecule has 3 heteroatoms. The van der Waals surface area contributed by atoms with Crippen LogP contribution in [0.2, 0.25) is 0 Å². The Morgan fingerprint density at radius 1 is 1.36 bits per heavy atom. The van der Waals surface area contributed by atoms with Gasteiger partial charge in [-0.3, -0.25) is 0 Å². The van der Waals surface area contributed by atoms with Crippen molar-refractivity contribution in [2.24, 2.45) is 5.41 Å². The molecule has 0 saturated carbocycles. The molecule has 0 N–H and O–H groups in total. The van der Waals surface area contributed by atoms with Gasteiger partial charge in [-0.15, -0.1) is 0 Å². The number of hydrogen-bond donors (Lipinski definition) is 0. The molecule has 1 fully saturated rings. The van der Waals surface area contributed by atoms with E-state index in [2.05, 4.69) is 18.7 Å². The second kappa shape index (κ2) is 3.48. The van der Waals surface area contributed by atoms with Crippen molar-refractivity contribution in [2.45, 2.75) is 26.7 Å². The van der Waals surface area contributed by atoms with E-state index in [1.807, 2.05) is 0 Å². The number of nitrogens with zero attached hydrogens (tertiary/aromatic N) is 1. The summed E-state index contributed by atoms with van der Waals surface area (Å²) in [7, 11) is 0.998. The predicted octanol–water partition coefficient (Wildman–Crippen LogP) is 1.12. The van der Waals surface area contributed by atoms with E-state index in [1.165, 1.54) is 12.8 Å². The molecule has 62 valence electrons. The molecule has 0 radical (unpaired) electrons. The summed E-state index contributed by atoms with van der Waals surface area (Å²) in [6, 6.07) is 0. The van der Waals surface area contributed by atoms with Crippen LogP contribution < -0.4 is 0 Å². The van der Waals surface area contributed by atoms with Crippen molar-refractivity contribution in [2.75, 3.05) is 19.5 Å². The third kappa shape index (κ3) is 2.74. The Hall–Kier alpha value is -0.175. The van der Waals surface area contributed by atoms with Crippen LogP contribution in [0.5, 0.6) is 0 Å². The van der Waals surface area contributed by atoms with Crippen LogP contribution in [0.25, 0.3) is 0 Å². The summed E-state index contributed by atoms with van der Waals surface area (Å²) in [6.45, 7) is 6.77. The summed E-state index contributed by atoms with van der Waals surface area (Å²) in [5.74, 6) is 0. The monoisotopic (exact) mass is 153 g/mol. The Kier molecular flexibility index (Phi) is 2.82. The molecule has 0 aromatic heterocycles. The molecule has 0 aromatic rings. The Labute approximate surface area is 69.2 Å². The number of piperidine rings is 1. The van der Waals surface area contributed by atoms with Gasteiger partial charge < -0.3 is 0 Å². The van der Waals surface area contributed by atoms with Gasteiger partial charge in [-0.05, 0) is 0 Å². The average Bonchev–Trinajstić information content (AvgIpc) is 1.94. The number of likely N-dealkylation sites (tertiary alicyclic amines) is 1. The SMILES string of the molecule is CC1(C)CCN(CB=O)CC1. The van der Waals surface area contributed by atoms with Crippen LogP contribution in [0.1, 0.15) is 26.7 Å². The van der Waals surface area contributed by atoms with Gasteiger partial charge in [-0.25, -0.2) is 0 Å². The normalized spacial score (nSPS) is 24.5. The molecule has 0 atom stereocenters. The molecule has 0 unspecified atom stereocenters. The molecule has 0 bridgehead atoms. The van der Waals surface area contributed by atoms with Crippen molar-refractivity contribution >= 4 is 7.15 Å². The molecule has 2 nitrogen and oxygen atoms in total. The fraction of sp³-hybridized carbons (Fsp3) is 1.00. The minimum atomic E-state index is 0.499. The van der Waals surface area contributed by atoms with Gasteiger partial charge in [0.25, 0.3) is 0 Å². The zero-order valence-electron chi connectivity index (χ0n) is 7.47. The van der Waals surface area contributed by atoms with E-state index in [-0.39, 0.29) is 0 Å². The molecule has 1 saturated heterocycles. The zero-order valence-corrected chi connectivity index (χ0v) is 7.47. The van der Waals surface area contributed by atoms with Gasteiger partial charge in [0.15, 0.2) is 0 Å². The van der Waals surface area contributed by atoms with Gasteiger partial charge in [-0.2, -0.15) is 0 Å². The van der Waals surface area contributed by atoms with E-state index in [0.717, 1.165) is 20.2 Å². The van der Waals surface area contributed by atoms with Crippen LogP contribution in [-0.2, 0) is 4.70 Å². The topological polar surface area (TPSA) is 20.3 Å². The summed E-state index contributed by atoms with van der Waals surface area (Å²) in [5, 5.41) is 0. The predicted molar refractivity (Wildman–Crippen MR) is 45.9 cm³/mol. The Balaban J connectivity index is 2.30. The molecule has 1 rings (SSSR count). The first-order chi connectivity index (χ1) is 5.14. The first-order valence-electron chi connectivity index (χ1n) is 4.30. The van der Waals surface area contributed by atoms with Crippen molar-refractivity contribution < 1.29 is 4.70 Å². The van der Waals surface area contributed by atoms with Crippen molar-refractivity contribution in [1.82, 2.24) is 4.90 Å². The maximum atomic E-state index is 10.2. The first-order valence-corrected chi connectivity index (χ1v) is 4.30. The van der Waals surface area contributed by atoms with Crippen LogP contribution in [0.15, 0.2) is 0 Å². The fourth-order valence-corrected chi connectivity index (χ4v) is 1.45. The summed E-state index contributed by atoms with van der Waals surface area (Å²) >= 11 is 0. The third-order valence-electron chi connectivity index (χ3n) is 2.54. The average molecular weight is 153 g/mol. The van der Waals surface area contributed by atoms with Crippen molar-refractivity contribution in [3.8, 4) is 0 Å². The molecular formula is C8H16BNO. The summed E-state index contributed by atoms with van der Waals surface area (Å²) in [4.78, 5) is 2.22. The zero-order chi connectivity index (χ0) is 8.32. The Morgan fingerprint density at radius 2 is 1.91 bits per heavy atom. The van der Waals surface area contributed by atoms with Crippen molar-refractivity contribution in [3.63, 3.8) is 0 Å². The van der Waals surface area contributed by atoms with E-state index < -0.39 is 0 Å². The van der Waals surface area contributed by atoms with Crippen LogP contribution >= 0.6 is 0 Å². The standard InChI is InChI=1S/C8H16BNO/c1-8(2)3-5-10(6-4-8)7-9-11/h3-7H2,1-2H3. The van der Waals surface area contributed by atoms with Crippen LogP contribution in [0.3, 0.4) is 0 Å². The molecule has 1 heterocycles. The minimum absolute atomic E-state index is 0.499. The fourth-order valence-electron chi connectivity index (χ4n) is 1.45. The van der Waals surface area contributed by atoms with E-state index in [0.29, 0.717) is 11.9 Å². The van der Waals surface area contributed by atoms with Crippen molar-refractivity contribution in [3.05, 3.63) is 0 Å². The summed E-state index contributed by atoms with van der Waals surface area (Å²) in [5.41, 5.74) is 0.499. The number of rotatable bonds is 2. The Morgan fingerprint density at radius 3 is 2.36 bits per heavy atom. The van der Waals surface area contributed by atoms with Gasteiger partial charge in [0.1, 0.15) is 0 Å². The second-order valence-corrected chi connectivity index (χ2v) is 4.13. The maximum absolute atomic E-state index is 10.2. The molecule has 0 aromatic carbocycles. The van der Waals surface area contributed by atoms with E-state index in [4.69, 9.17) is 0 Å². The molecule has 0 aliphatic carbocycles. The molecule has 0 amide bonds. The van der Waals surface area contributed by atoms with Gasteiger partial charge >= 0.3 is 68.4 Å². The molecule has 1 aliphatic heterocycles.